The van der Waals surface area contributed by atoms with E-state index in [1.807, 2.05) is 24.3 Å². The molecule has 0 amide bonds. The summed E-state index contributed by atoms with van der Waals surface area (Å²) in [4.78, 5) is 0. The maximum atomic E-state index is 13.5. The number of halogens is 1. The van der Waals surface area contributed by atoms with Crippen LogP contribution in [-0.2, 0) is 19.4 Å². The molecule has 0 radical (unpaired) electrons. The SMILES string of the molecule is COc1ccc(CCN)cc1CNCCc1ccccc1F. The van der Waals surface area contributed by atoms with Crippen LogP contribution in [0.25, 0.3) is 0 Å². The lowest BCUT2D eigenvalue weighted by Gasteiger charge is -2.12. The van der Waals surface area contributed by atoms with Gasteiger partial charge < -0.3 is 15.8 Å². The smallest absolute Gasteiger partial charge is 0.126 e. The first-order valence-electron chi connectivity index (χ1n) is 7.54. The first-order chi connectivity index (χ1) is 10.7. The normalized spacial score (nSPS) is 10.7. The van der Waals surface area contributed by atoms with Gasteiger partial charge in [0.15, 0.2) is 0 Å². The Morgan fingerprint density at radius 3 is 2.64 bits per heavy atom. The highest BCUT2D eigenvalue weighted by molar-refractivity contribution is 5.37. The minimum atomic E-state index is -0.146. The summed E-state index contributed by atoms with van der Waals surface area (Å²) >= 11 is 0. The molecule has 0 heterocycles. The van der Waals surface area contributed by atoms with Gasteiger partial charge in [-0.2, -0.15) is 0 Å². The molecule has 2 aromatic carbocycles. The summed E-state index contributed by atoms with van der Waals surface area (Å²) in [6.07, 6.45) is 1.52. The highest BCUT2D eigenvalue weighted by Crippen LogP contribution is 2.20. The van der Waals surface area contributed by atoms with E-state index >= 15 is 0 Å². The number of nitrogens with two attached hydrogens (primary N) is 1. The molecule has 0 saturated carbocycles. The van der Waals surface area contributed by atoms with Crippen molar-refractivity contribution in [3.8, 4) is 5.75 Å². The van der Waals surface area contributed by atoms with Crippen molar-refractivity contribution in [2.24, 2.45) is 5.73 Å². The fourth-order valence-electron chi connectivity index (χ4n) is 2.44. The number of rotatable bonds is 8. The Bertz CT molecular complexity index is 601. The number of nitrogens with one attached hydrogen (secondary N) is 1. The van der Waals surface area contributed by atoms with E-state index in [4.69, 9.17) is 10.5 Å². The third kappa shape index (κ3) is 4.55. The van der Waals surface area contributed by atoms with Crippen LogP contribution in [0.4, 0.5) is 4.39 Å². The van der Waals surface area contributed by atoms with Gasteiger partial charge in [0.1, 0.15) is 11.6 Å². The third-order valence-electron chi connectivity index (χ3n) is 3.62. The molecule has 0 fully saturated rings. The minimum Gasteiger partial charge on any atom is -0.496 e. The van der Waals surface area contributed by atoms with Crippen molar-refractivity contribution in [2.75, 3.05) is 20.2 Å². The molecule has 2 rings (SSSR count). The van der Waals surface area contributed by atoms with Crippen LogP contribution in [-0.4, -0.2) is 20.2 Å². The molecule has 4 heteroatoms. The second-order valence-corrected chi connectivity index (χ2v) is 5.20. The summed E-state index contributed by atoms with van der Waals surface area (Å²) < 4.78 is 18.9. The third-order valence-corrected chi connectivity index (χ3v) is 3.62. The van der Waals surface area contributed by atoms with Gasteiger partial charge in [-0.3, -0.25) is 0 Å². The molecule has 0 aromatic heterocycles. The Morgan fingerprint density at radius 2 is 1.91 bits per heavy atom. The minimum absolute atomic E-state index is 0.146. The largest absolute Gasteiger partial charge is 0.496 e. The molecule has 118 valence electrons. The summed E-state index contributed by atoms with van der Waals surface area (Å²) in [7, 11) is 1.67. The molecule has 0 atom stereocenters. The topological polar surface area (TPSA) is 47.3 Å². The molecule has 2 aromatic rings. The second-order valence-electron chi connectivity index (χ2n) is 5.20. The fraction of sp³-hybridized carbons (Fsp3) is 0.333. The van der Waals surface area contributed by atoms with Gasteiger partial charge in [0, 0.05) is 12.1 Å². The lowest BCUT2D eigenvalue weighted by molar-refractivity contribution is 0.407. The molecule has 22 heavy (non-hydrogen) atoms. The average Bonchev–Trinajstić information content (AvgIpc) is 2.54. The summed E-state index contributed by atoms with van der Waals surface area (Å²) in [5, 5.41) is 3.34. The van der Waals surface area contributed by atoms with Crippen molar-refractivity contribution in [1.29, 1.82) is 0 Å². The summed E-state index contributed by atoms with van der Waals surface area (Å²) in [5.41, 5.74) is 8.64. The predicted molar refractivity (Wildman–Crippen MR) is 87.6 cm³/mol. The maximum absolute atomic E-state index is 13.5. The van der Waals surface area contributed by atoms with Crippen LogP contribution in [0.1, 0.15) is 16.7 Å². The summed E-state index contributed by atoms with van der Waals surface area (Å²) in [6.45, 7) is 2.04. The number of methoxy groups -OCH3 is 1. The predicted octanol–water partition coefficient (Wildman–Crippen LogP) is 2.67. The Morgan fingerprint density at radius 1 is 1.09 bits per heavy atom. The van der Waals surface area contributed by atoms with Crippen molar-refractivity contribution >= 4 is 0 Å². The van der Waals surface area contributed by atoms with E-state index in [-0.39, 0.29) is 5.82 Å². The van der Waals surface area contributed by atoms with Crippen molar-refractivity contribution in [3.05, 3.63) is 65.0 Å². The van der Waals surface area contributed by atoms with Crippen LogP contribution in [0.2, 0.25) is 0 Å². The van der Waals surface area contributed by atoms with E-state index < -0.39 is 0 Å². The monoisotopic (exact) mass is 302 g/mol. The zero-order valence-corrected chi connectivity index (χ0v) is 12.9. The second kappa shape index (κ2) is 8.51. The highest BCUT2D eigenvalue weighted by atomic mass is 19.1. The molecule has 0 saturated heterocycles. The van der Waals surface area contributed by atoms with Gasteiger partial charge in [0.25, 0.3) is 0 Å². The van der Waals surface area contributed by atoms with E-state index in [0.29, 0.717) is 26.1 Å². The van der Waals surface area contributed by atoms with E-state index in [1.165, 1.54) is 11.6 Å². The van der Waals surface area contributed by atoms with Gasteiger partial charge in [0.2, 0.25) is 0 Å². The van der Waals surface area contributed by atoms with Crippen LogP contribution in [0.5, 0.6) is 5.75 Å². The average molecular weight is 302 g/mol. The molecule has 0 aliphatic heterocycles. The Labute approximate surface area is 131 Å². The molecular weight excluding hydrogens is 279 g/mol. The van der Waals surface area contributed by atoms with Gasteiger partial charge in [0.05, 0.1) is 7.11 Å². The van der Waals surface area contributed by atoms with Gasteiger partial charge >= 0.3 is 0 Å². The molecule has 3 nitrogen and oxygen atoms in total. The molecule has 0 aliphatic carbocycles. The maximum Gasteiger partial charge on any atom is 0.126 e. The fourth-order valence-corrected chi connectivity index (χ4v) is 2.44. The number of benzene rings is 2. The van der Waals surface area contributed by atoms with E-state index in [9.17, 15) is 4.39 Å². The van der Waals surface area contributed by atoms with Crippen LogP contribution in [0, 0.1) is 5.82 Å². The molecule has 3 N–H and O–H groups in total. The van der Waals surface area contributed by atoms with Crippen LogP contribution in [0.3, 0.4) is 0 Å². The molecule has 0 bridgehead atoms. The number of hydrogen-bond donors (Lipinski definition) is 2. The molecular formula is C18H23FN2O. The zero-order valence-electron chi connectivity index (χ0n) is 12.9. The Balaban J connectivity index is 1.90. The van der Waals surface area contributed by atoms with Crippen molar-refractivity contribution in [3.63, 3.8) is 0 Å². The van der Waals surface area contributed by atoms with E-state index in [1.54, 1.807) is 13.2 Å². The van der Waals surface area contributed by atoms with Crippen LogP contribution < -0.4 is 15.8 Å². The standard InChI is InChI=1S/C18H23FN2O/c1-22-18-7-6-14(8-10-20)12-16(18)13-21-11-9-15-4-2-3-5-17(15)19/h2-7,12,21H,8-11,13,20H2,1H3. The highest BCUT2D eigenvalue weighted by Gasteiger charge is 2.05. The van der Waals surface area contributed by atoms with E-state index in [0.717, 1.165) is 23.3 Å². The molecule has 0 unspecified atom stereocenters. The van der Waals surface area contributed by atoms with Gasteiger partial charge in [-0.25, -0.2) is 4.39 Å². The Hall–Kier alpha value is -1.91. The first kappa shape index (κ1) is 16.5. The Kier molecular flexibility index (Phi) is 6.37. The van der Waals surface area contributed by atoms with Gasteiger partial charge in [-0.15, -0.1) is 0 Å². The molecule has 0 spiro atoms. The zero-order chi connectivity index (χ0) is 15.8. The van der Waals surface area contributed by atoms with E-state index in [2.05, 4.69) is 11.4 Å². The molecule has 0 aliphatic rings. The lowest BCUT2D eigenvalue weighted by atomic mass is 10.1. The number of hydrogen-bond acceptors (Lipinski definition) is 3. The van der Waals surface area contributed by atoms with Gasteiger partial charge in [-0.1, -0.05) is 30.3 Å². The number of ether oxygens (including phenoxy) is 1. The van der Waals surface area contributed by atoms with Crippen molar-refractivity contribution < 1.29 is 9.13 Å². The summed E-state index contributed by atoms with van der Waals surface area (Å²) in [6, 6.07) is 13.0. The summed E-state index contributed by atoms with van der Waals surface area (Å²) in [5.74, 6) is 0.714. The quantitative estimate of drug-likeness (QED) is 0.737. The first-order valence-corrected chi connectivity index (χ1v) is 7.54. The van der Waals surface area contributed by atoms with Crippen LogP contribution in [0.15, 0.2) is 42.5 Å². The van der Waals surface area contributed by atoms with Crippen molar-refractivity contribution in [1.82, 2.24) is 5.32 Å². The lowest BCUT2D eigenvalue weighted by Crippen LogP contribution is -2.18. The van der Waals surface area contributed by atoms with Gasteiger partial charge in [-0.05, 0) is 49.2 Å². The van der Waals surface area contributed by atoms with Crippen LogP contribution >= 0.6 is 0 Å². The van der Waals surface area contributed by atoms with Crippen molar-refractivity contribution in [2.45, 2.75) is 19.4 Å².